The summed E-state index contributed by atoms with van der Waals surface area (Å²) in [6.45, 7) is 25.4. The molecule has 82 heavy (non-hydrogen) atoms. The number of ether oxygens (including phenoxy) is 2. The van der Waals surface area contributed by atoms with Gasteiger partial charge in [0.2, 0.25) is 0 Å². The van der Waals surface area contributed by atoms with Gasteiger partial charge in [0.25, 0.3) is 22.9 Å². The first-order valence-electron chi connectivity index (χ1n) is 30.3. The zero-order valence-electron chi connectivity index (χ0n) is 51.4. The van der Waals surface area contributed by atoms with E-state index in [0.717, 1.165) is 132 Å². The third-order valence-electron chi connectivity index (χ3n) is 18.5. The summed E-state index contributed by atoms with van der Waals surface area (Å²) in [6.07, 6.45) is 15.3. The molecule has 18 heteroatoms. The Balaban J connectivity index is 0.000000198. The van der Waals surface area contributed by atoms with Crippen molar-refractivity contribution < 1.29 is 19.1 Å². The zero-order chi connectivity index (χ0) is 58.8. The number of hydrogen-bond donors (Lipinski definition) is 4. The molecule has 444 valence electrons. The number of nitrogens with zero attached hydrogens (tertiary/aromatic N) is 8. The van der Waals surface area contributed by atoms with Gasteiger partial charge < -0.3 is 39.9 Å². The molecular formula is C64H92N12O6. The number of methoxy groups -OCH3 is 2. The average molecular weight is 1130 g/mol. The standard InChI is InChI=1S/2C32H46N6O3/c2*1-8-25-26(31(39)33-15-27-20(4)13-21(5)35-32(27)40)14-29-28(16-34-36(29)6)30(25)38(19(2)3)23-11-9-22(10-12-23)37-17-24(18-37)41-7/h2*13-14,16,19,22-24H,8-12,15,17-18H2,1-7H3,(H,33,39)(H,35,40). The monoisotopic (exact) mass is 1120 g/mol. The number of amides is 2. The zero-order valence-corrected chi connectivity index (χ0v) is 51.4. The number of aromatic amines is 2. The van der Waals surface area contributed by atoms with Gasteiger partial charge >= 0.3 is 0 Å². The number of carbonyl (C=O) groups excluding carboxylic acids is 2. The summed E-state index contributed by atoms with van der Waals surface area (Å²) in [4.78, 5) is 68.8. The molecule has 0 atom stereocenters. The smallest absolute Gasteiger partial charge is 0.253 e. The lowest BCUT2D eigenvalue weighted by Crippen LogP contribution is -2.57. The van der Waals surface area contributed by atoms with Crippen LogP contribution in [0.4, 0.5) is 11.4 Å². The fourth-order valence-corrected chi connectivity index (χ4v) is 14.0. The largest absolute Gasteiger partial charge is 0.379 e. The number of aromatic nitrogens is 6. The van der Waals surface area contributed by atoms with Crippen LogP contribution >= 0.6 is 0 Å². The Labute approximate surface area is 484 Å². The molecule has 4 aromatic heterocycles. The number of anilines is 2. The number of H-pyrrole nitrogens is 2. The van der Waals surface area contributed by atoms with Crippen LogP contribution in [0.3, 0.4) is 0 Å². The number of hydrogen-bond acceptors (Lipinski definition) is 12. The molecule has 0 bridgehead atoms. The van der Waals surface area contributed by atoms with Gasteiger partial charge in [-0.3, -0.25) is 38.3 Å². The van der Waals surface area contributed by atoms with Crippen molar-refractivity contribution in [2.45, 2.75) is 195 Å². The quantitative estimate of drug-likeness (QED) is 0.0644. The molecule has 2 saturated heterocycles. The number of fused-ring (bicyclic) bond motifs is 2. The molecule has 4 aliphatic rings. The highest BCUT2D eigenvalue weighted by Crippen LogP contribution is 2.42. The molecule has 0 spiro atoms. The molecule has 2 amide bonds. The maximum atomic E-state index is 13.8. The average Bonchev–Trinajstić information content (AvgIpc) is 3.58. The van der Waals surface area contributed by atoms with Gasteiger partial charge in [-0.15, -0.1) is 0 Å². The Morgan fingerprint density at radius 3 is 1.24 bits per heavy atom. The highest BCUT2D eigenvalue weighted by molar-refractivity contribution is 6.06. The van der Waals surface area contributed by atoms with Gasteiger partial charge in [0.05, 0.1) is 47.0 Å². The van der Waals surface area contributed by atoms with Gasteiger partial charge in [-0.05, 0) is 166 Å². The van der Waals surface area contributed by atoms with Crippen LogP contribution in [-0.2, 0) is 49.5 Å². The molecule has 10 rings (SSSR count). The minimum atomic E-state index is -0.163. The van der Waals surface area contributed by atoms with E-state index in [-0.39, 0.29) is 48.1 Å². The second kappa shape index (κ2) is 25.7. The number of benzene rings is 2. The van der Waals surface area contributed by atoms with Crippen LogP contribution in [-0.4, -0.2) is 140 Å². The minimum absolute atomic E-state index is 0.154. The molecule has 2 aliphatic heterocycles. The lowest BCUT2D eigenvalue weighted by atomic mass is 9.86. The Hall–Kier alpha value is -6.34. The second-order valence-electron chi connectivity index (χ2n) is 24.4. The number of pyridine rings is 2. The molecular weight excluding hydrogens is 1030 g/mol. The molecule has 6 heterocycles. The van der Waals surface area contributed by atoms with Crippen LogP contribution in [0.15, 0.2) is 46.2 Å². The van der Waals surface area contributed by atoms with Crippen LogP contribution in [0.2, 0.25) is 0 Å². The summed E-state index contributed by atoms with van der Waals surface area (Å²) < 4.78 is 14.7. The van der Waals surface area contributed by atoms with Gasteiger partial charge in [-0.25, -0.2) is 0 Å². The SMILES string of the molecule is CCc1c(C(=O)NCc2c(C)cc(C)[nH]c2=O)cc2c(cnn2C)c1N(C(C)C)C1CCC(N2CC(OC)C2)CC1.CCc1c(C(=O)NCc2c(C)cc(C)[nH]c2=O)cc2c(cnn2C)c1N(C(C)C)C1CCC(N2CC(OC)C2)CC1. The van der Waals surface area contributed by atoms with E-state index >= 15 is 0 Å². The predicted octanol–water partition coefficient (Wildman–Crippen LogP) is 8.45. The van der Waals surface area contributed by atoms with Crippen LogP contribution < -0.4 is 31.6 Å². The van der Waals surface area contributed by atoms with Gasteiger partial charge in [0, 0.05) is 148 Å². The van der Waals surface area contributed by atoms with Gasteiger partial charge in [0.1, 0.15) is 0 Å². The molecule has 18 nitrogen and oxygen atoms in total. The van der Waals surface area contributed by atoms with E-state index in [4.69, 9.17) is 9.47 Å². The van der Waals surface area contributed by atoms with Gasteiger partial charge in [-0.2, -0.15) is 10.2 Å². The molecule has 4 N–H and O–H groups in total. The predicted molar refractivity (Wildman–Crippen MR) is 328 cm³/mol. The number of aryl methyl sites for hydroxylation is 6. The van der Waals surface area contributed by atoms with Gasteiger partial charge in [-0.1, -0.05) is 13.8 Å². The van der Waals surface area contributed by atoms with Crippen molar-refractivity contribution in [3.63, 3.8) is 0 Å². The first-order valence-corrected chi connectivity index (χ1v) is 30.3. The van der Waals surface area contributed by atoms with Crippen molar-refractivity contribution in [2.24, 2.45) is 14.1 Å². The highest BCUT2D eigenvalue weighted by atomic mass is 16.5. The Morgan fingerprint density at radius 2 is 0.939 bits per heavy atom. The van der Waals surface area contributed by atoms with Crippen molar-refractivity contribution in [1.82, 2.24) is 50.0 Å². The fraction of sp³-hybridized carbons (Fsp3) is 0.594. The normalized spacial score (nSPS) is 20.0. The lowest BCUT2D eigenvalue weighted by Gasteiger charge is -2.48. The Morgan fingerprint density at radius 1 is 0.585 bits per heavy atom. The molecule has 0 unspecified atom stereocenters. The molecule has 2 saturated carbocycles. The minimum Gasteiger partial charge on any atom is -0.379 e. The summed E-state index contributed by atoms with van der Waals surface area (Å²) >= 11 is 0. The van der Waals surface area contributed by atoms with Crippen LogP contribution in [0.1, 0.15) is 158 Å². The molecule has 2 aromatic carbocycles. The summed E-state index contributed by atoms with van der Waals surface area (Å²) in [5.74, 6) is -0.327. The molecule has 4 fully saturated rings. The maximum absolute atomic E-state index is 13.8. The topological polar surface area (TPSA) is 191 Å². The summed E-state index contributed by atoms with van der Waals surface area (Å²) in [7, 11) is 7.48. The lowest BCUT2D eigenvalue weighted by molar-refractivity contribution is -0.0579. The van der Waals surface area contributed by atoms with Crippen molar-refractivity contribution in [3.05, 3.63) is 113 Å². The summed E-state index contributed by atoms with van der Waals surface area (Å²) in [6, 6.07) is 10.4. The van der Waals surface area contributed by atoms with E-state index < -0.39 is 0 Å². The fourth-order valence-electron chi connectivity index (χ4n) is 14.0. The second-order valence-corrected chi connectivity index (χ2v) is 24.4. The van der Waals surface area contributed by atoms with Crippen molar-refractivity contribution in [2.75, 3.05) is 50.2 Å². The maximum Gasteiger partial charge on any atom is 0.253 e. The van der Waals surface area contributed by atoms with Gasteiger partial charge in [0.15, 0.2) is 0 Å². The van der Waals surface area contributed by atoms with Crippen LogP contribution in [0.25, 0.3) is 21.8 Å². The van der Waals surface area contributed by atoms with E-state index in [1.807, 2.05) is 102 Å². The first kappa shape index (κ1) is 60.3. The first-order chi connectivity index (χ1) is 39.2. The Kier molecular flexibility index (Phi) is 18.9. The number of nitrogens with one attached hydrogen (secondary N) is 4. The third-order valence-corrected chi connectivity index (χ3v) is 18.5. The van der Waals surface area contributed by atoms with Crippen LogP contribution in [0, 0.1) is 27.7 Å². The molecule has 6 aromatic rings. The van der Waals surface area contributed by atoms with E-state index in [2.05, 4.69) is 91.9 Å². The number of rotatable bonds is 18. The van der Waals surface area contributed by atoms with E-state index in [1.54, 1.807) is 0 Å². The van der Waals surface area contributed by atoms with Crippen molar-refractivity contribution >= 4 is 45.0 Å². The molecule has 2 aliphatic carbocycles. The molecule has 0 radical (unpaired) electrons. The van der Waals surface area contributed by atoms with E-state index in [1.165, 1.54) is 25.7 Å². The Bertz CT molecular complexity index is 3140. The summed E-state index contributed by atoms with van der Waals surface area (Å²) in [5, 5.41) is 17.5. The third kappa shape index (κ3) is 12.3. The number of carbonyl (C=O) groups is 2. The van der Waals surface area contributed by atoms with Crippen molar-refractivity contribution in [1.29, 1.82) is 0 Å². The number of likely N-dealkylation sites (tertiary alicyclic amines) is 2. The van der Waals surface area contributed by atoms with Crippen molar-refractivity contribution in [3.8, 4) is 0 Å². The van der Waals surface area contributed by atoms with E-state index in [9.17, 15) is 19.2 Å². The highest BCUT2D eigenvalue weighted by Gasteiger charge is 2.39. The summed E-state index contributed by atoms with van der Waals surface area (Å²) in [5.41, 5.74) is 11.8. The van der Waals surface area contributed by atoms with Crippen LogP contribution in [0.5, 0.6) is 0 Å². The van der Waals surface area contributed by atoms with E-state index in [0.29, 0.717) is 58.6 Å².